The standard InChI is InChI=1S/C17H18F3N5O/c1-2-24-7-9-25(10-8-24)14-6-5-13(22-23-14)17(26)21-12-4-3-11(18)15(19)16(12)20/h3-6H,2,7-10H2,1H3,(H,21,26). The van der Waals surface area contributed by atoms with Crippen LogP contribution in [0, 0.1) is 17.5 Å². The van der Waals surface area contributed by atoms with Crippen LogP contribution < -0.4 is 10.2 Å². The third-order valence-electron chi connectivity index (χ3n) is 4.31. The van der Waals surface area contributed by atoms with Gasteiger partial charge in [-0.3, -0.25) is 4.79 Å². The number of aromatic nitrogens is 2. The van der Waals surface area contributed by atoms with E-state index in [1.54, 1.807) is 6.07 Å². The lowest BCUT2D eigenvalue weighted by atomic mass is 10.2. The van der Waals surface area contributed by atoms with Gasteiger partial charge < -0.3 is 15.1 Å². The van der Waals surface area contributed by atoms with Crippen molar-refractivity contribution in [2.24, 2.45) is 0 Å². The van der Waals surface area contributed by atoms with Gasteiger partial charge >= 0.3 is 0 Å². The van der Waals surface area contributed by atoms with Crippen molar-refractivity contribution in [1.29, 1.82) is 0 Å². The second-order valence-electron chi connectivity index (χ2n) is 5.88. The van der Waals surface area contributed by atoms with E-state index in [1.807, 2.05) is 0 Å². The largest absolute Gasteiger partial charge is 0.353 e. The normalized spacial score (nSPS) is 15.2. The number of carbonyl (C=O) groups is 1. The van der Waals surface area contributed by atoms with Crippen molar-refractivity contribution in [2.45, 2.75) is 6.92 Å². The van der Waals surface area contributed by atoms with Crippen LogP contribution in [0.1, 0.15) is 17.4 Å². The van der Waals surface area contributed by atoms with Crippen molar-refractivity contribution >= 4 is 17.4 Å². The van der Waals surface area contributed by atoms with Crippen molar-refractivity contribution < 1.29 is 18.0 Å². The van der Waals surface area contributed by atoms with Crippen LogP contribution in [0.25, 0.3) is 0 Å². The molecule has 1 amide bonds. The Bertz CT molecular complexity index is 792. The molecule has 0 radical (unpaired) electrons. The lowest BCUT2D eigenvalue weighted by Crippen LogP contribution is -2.46. The summed E-state index contributed by atoms with van der Waals surface area (Å²) in [7, 11) is 0. The number of carbonyl (C=O) groups excluding carboxylic acids is 1. The number of likely N-dealkylation sites (N-methyl/N-ethyl adjacent to an activating group) is 1. The van der Waals surface area contributed by atoms with Gasteiger partial charge in [0.05, 0.1) is 5.69 Å². The Morgan fingerprint density at radius 1 is 1.04 bits per heavy atom. The number of benzene rings is 1. The van der Waals surface area contributed by atoms with Crippen molar-refractivity contribution in [2.75, 3.05) is 42.9 Å². The lowest BCUT2D eigenvalue weighted by molar-refractivity contribution is 0.102. The summed E-state index contributed by atoms with van der Waals surface area (Å²) in [5.74, 6) is -4.54. The number of piperazine rings is 1. The highest BCUT2D eigenvalue weighted by atomic mass is 19.2. The highest BCUT2D eigenvalue weighted by Crippen LogP contribution is 2.20. The summed E-state index contributed by atoms with van der Waals surface area (Å²) in [6, 6.07) is 4.80. The number of nitrogens with zero attached hydrogens (tertiary/aromatic N) is 4. The first-order valence-electron chi connectivity index (χ1n) is 8.25. The van der Waals surface area contributed by atoms with Crippen molar-refractivity contribution in [3.05, 3.63) is 47.4 Å². The first-order chi connectivity index (χ1) is 12.5. The van der Waals surface area contributed by atoms with Gasteiger partial charge in [0.1, 0.15) is 0 Å². The summed E-state index contributed by atoms with van der Waals surface area (Å²) in [6.45, 7) is 6.59. The van der Waals surface area contributed by atoms with Crippen LogP contribution in [0.2, 0.25) is 0 Å². The molecule has 2 heterocycles. The number of hydrogen-bond donors (Lipinski definition) is 1. The highest BCUT2D eigenvalue weighted by Gasteiger charge is 2.19. The smallest absolute Gasteiger partial charge is 0.276 e. The predicted molar refractivity (Wildman–Crippen MR) is 90.6 cm³/mol. The Kier molecular flexibility index (Phi) is 5.36. The van der Waals surface area contributed by atoms with Crippen LogP contribution in [-0.4, -0.2) is 53.7 Å². The van der Waals surface area contributed by atoms with Gasteiger partial charge in [-0.1, -0.05) is 6.92 Å². The van der Waals surface area contributed by atoms with Crippen LogP contribution in [0.15, 0.2) is 24.3 Å². The zero-order valence-electron chi connectivity index (χ0n) is 14.2. The minimum atomic E-state index is -1.64. The average molecular weight is 365 g/mol. The molecule has 1 aromatic heterocycles. The number of amides is 1. The molecule has 1 aliphatic heterocycles. The molecule has 1 saturated heterocycles. The molecule has 6 nitrogen and oxygen atoms in total. The third-order valence-corrected chi connectivity index (χ3v) is 4.31. The molecule has 0 spiro atoms. The Labute approximate surface area is 148 Å². The van der Waals surface area contributed by atoms with E-state index in [2.05, 4.69) is 32.2 Å². The SMILES string of the molecule is CCN1CCN(c2ccc(C(=O)Nc3ccc(F)c(F)c3F)nn2)CC1. The van der Waals surface area contributed by atoms with Gasteiger partial charge in [0.2, 0.25) is 0 Å². The van der Waals surface area contributed by atoms with E-state index >= 15 is 0 Å². The molecule has 3 rings (SSSR count). The Morgan fingerprint density at radius 3 is 2.38 bits per heavy atom. The number of hydrogen-bond acceptors (Lipinski definition) is 5. The zero-order chi connectivity index (χ0) is 18.7. The fourth-order valence-corrected chi connectivity index (χ4v) is 2.72. The molecule has 138 valence electrons. The molecule has 0 bridgehead atoms. The average Bonchev–Trinajstić information content (AvgIpc) is 2.68. The van der Waals surface area contributed by atoms with Crippen LogP contribution in [-0.2, 0) is 0 Å². The monoisotopic (exact) mass is 365 g/mol. The van der Waals surface area contributed by atoms with Crippen LogP contribution in [0.5, 0.6) is 0 Å². The first kappa shape index (κ1) is 18.1. The van der Waals surface area contributed by atoms with Gasteiger partial charge in [-0.05, 0) is 30.8 Å². The van der Waals surface area contributed by atoms with Crippen LogP contribution >= 0.6 is 0 Å². The molecule has 2 aromatic rings. The minimum Gasteiger partial charge on any atom is -0.353 e. The van der Waals surface area contributed by atoms with E-state index in [-0.39, 0.29) is 5.69 Å². The maximum atomic E-state index is 13.6. The third kappa shape index (κ3) is 3.77. The van der Waals surface area contributed by atoms with Crippen LogP contribution in [0.4, 0.5) is 24.7 Å². The molecule has 26 heavy (non-hydrogen) atoms. The molecule has 0 saturated carbocycles. The quantitative estimate of drug-likeness (QED) is 0.843. The van der Waals surface area contributed by atoms with Gasteiger partial charge in [-0.25, -0.2) is 13.2 Å². The Hall–Kier alpha value is -2.68. The number of rotatable bonds is 4. The van der Waals surface area contributed by atoms with E-state index < -0.39 is 29.0 Å². The van der Waals surface area contributed by atoms with Gasteiger partial charge in [0.25, 0.3) is 5.91 Å². The molecule has 1 aromatic carbocycles. The molecule has 0 unspecified atom stereocenters. The number of anilines is 2. The second kappa shape index (κ2) is 7.69. The summed E-state index contributed by atoms with van der Waals surface area (Å²) < 4.78 is 39.8. The van der Waals surface area contributed by atoms with Crippen molar-refractivity contribution in [3.63, 3.8) is 0 Å². The molecule has 0 atom stereocenters. The van der Waals surface area contributed by atoms with Gasteiger partial charge in [0.15, 0.2) is 29.0 Å². The summed E-state index contributed by atoms with van der Waals surface area (Å²) in [5.41, 5.74) is -0.513. The van der Waals surface area contributed by atoms with E-state index in [9.17, 15) is 18.0 Å². The molecule has 1 N–H and O–H groups in total. The van der Waals surface area contributed by atoms with E-state index in [0.29, 0.717) is 5.82 Å². The van der Waals surface area contributed by atoms with Gasteiger partial charge in [-0.2, -0.15) is 0 Å². The van der Waals surface area contributed by atoms with Crippen LogP contribution in [0.3, 0.4) is 0 Å². The Morgan fingerprint density at radius 2 is 1.77 bits per heavy atom. The van der Waals surface area contributed by atoms with Crippen molar-refractivity contribution in [1.82, 2.24) is 15.1 Å². The minimum absolute atomic E-state index is 0.0509. The van der Waals surface area contributed by atoms with E-state index in [0.717, 1.165) is 44.9 Å². The second-order valence-corrected chi connectivity index (χ2v) is 5.88. The molecule has 1 aliphatic rings. The lowest BCUT2D eigenvalue weighted by Gasteiger charge is -2.34. The molecular formula is C17H18F3N5O. The maximum absolute atomic E-state index is 13.6. The first-order valence-corrected chi connectivity index (χ1v) is 8.25. The fraction of sp³-hybridized carbons (Fsp3) is 0.353. The summed E-state index contributed by atoms with van der Waals surface area (Å²) in [6.07, 6.45) is 0. The van der Waals surface area contributed by atoms with Gasteiger partial charge in [-0.15, -0.1) is 10.2 Å². The summed E-state index contributed by atoms with van der Waals surface area (Å²) in [5, 5.41) is 10.1. The van der Waals surface area contributed by atoms with Crippen molar-refractivity contribution in [3.8, 4) is 0 Å². The zero-order valence-corrected chi connectivity index (χ0v) is 14.2. The van der Waals surface area contributed by atoms with Gasteiger partial charge in [0, 0.05) is 26.2 Å². The summed E-state index contributed by atoms with van der Waals surface area (Å²) >= 11 is 0. The topological polar surface area (TPSA) is 61.4 Å². The molecule has 9 heteroatoms. The fourth-order valence-electron chi connectivity index (χ4n) is 2.72. The number of nitrogens with one attached hydrogen (secondary N) is 1. The molecule has 0 aliphatic carbocycles. The molecular weight excluding hydrogens is 347 g/mol. The molecule has 1 fully saturated rings. The summed E-state index contributed by atoms with van der Waals surface area (Å²) in [4.78, 5) is 16.5. The predicted octanol–water partition coefficient (Wildman–Crippen LogP) is 2.29. The van der Waals surface area contributed by atoms with E-state index in [4.69, 9.17) is 0 Å². The van der Waals surface area contributed by atoms with E-state index in [1.165, 1.54) is 6.07 Å². The Balaban J connectivity index is 1.67. The number of halogens is 3. The highest BCUT2D eigenvalue weighted by molar-refractivity contribution is 6.02. The maximum Gasteiger partial charge on any atom is 0.276 e.